The maximum atomic E-state index is 11.9. The molecule has 0 bridgehead atoms. The molecule has 3 N–H and O–H groups in total. The second-order valence-corrected chi connectivity index (χ2v) is 8.75. The highest BCUT2D eigenvalue weighted by molar-refractivity contribution is 7.84. The Morgan fingerprint density at radius 1 is 1.03 bits per heavy atom. The molecule has 2 aromatic carbocycles. The molecule has 32 heavy (non-hydrogen) atoms. The summed E-state index contributed by atoms with van der Waals surface area (Å²) in [7, 11) is -1.04. The van der Waals surface area contributed by atoms with Crippen molar-refractivity contribution in [3.05, 3.63) is 66.7 Å². The number of pyridine rings is 1. The predicted molar refractivity (Wildman–Crippen MR) is 129 cm³/mol. The summed E-state index contributed by atoms with van der Waals surface area (Å²) in [5.41, 5.74) is 4.70. The fourth-order valence-corrected chi connectivity index (χ4v) is 4.28. The maximum Gasteiger partial charge on any atom is 0.247 e. The number of hydrogen-bond acceptors (Lipinski definition) is 6. The highest BCUT2D eigenvalue weighted by atomic mass is 32.2. The quantitative estimate of drug-likeness (QED) is 0.498. The Hall–Kier alpha value is -3.27. The summed E-state index contributed by atoms with van der Waals surface area (Å²) in [6.07, 6.45) is 1.68. The molecule has 0 amide bonds. The Kier molecular flexibility index (Phi) is 6.50. The van der Waals surface area contributed by atoms with E-state index in [1.165, 1.54) is 5.69 Å². The van der Waals surface area contributed by atoms with Gasteiger partial charge in [-0.2, -0.15) is 4.98 Å². The van der Waals surface area contributed by atoms with Crippen LogP contribution in [-0.4, -0.2) is 56.8 Å². The molecule has 1 fully saturated rings. The number of nitrogens with one attached hydrogen (secondary N) is 1. The number of fused-ring (bicyclic) bond motifs is 1. The van der Waals surface area contributed by atoms with Crippen molar-refractivity contribution in [1.82, 2.24) is 14.6 Å². The summed E-state index contributed by atoms with van der Waals surface area (Å²) < 4.78 is 19.1. The van der Waals surface area contributed by atoms with Gasteiger partial charge in [-0.25, -0.2) is 4.52 Å². The Balaban J connectivity index is 0.00000153. The fraction of sp³-hybridized carbons (Fsp3) is 0.217. The van der Waals surface area contributed by atoms with Crippen LogP contribution in [0.5, 0.6) is 0 Å². The van der Waals surface area contributed by atoms with Gasteiger partial charge in [0.1, 0.15) is 0 Å². The van der Waals surface area contributed by atoms with Gasteiger partial charge in [0.15, 0.2) is 5.65 Å². The number of benzene rings is 2. The number of rotatable bonds is 5. The lowest BCUT2D eigenvalue weighted by Crippen LogP contribution is -2.36. The van der Waals surface area contributed by atoms with Crippen LogP contribution in [0.25, 0.3) is 16.9 Å². The summed E-state index contributed by atoms with van der Waals surface area (Å²) in [6.45, 7) is 3.36. The molecule has 0 aliphatic carbocycles. The highest BCUT2D eigenvalue weighted by Crippen LogP contribution is 2.25. The van der Waals surface area contributed by atoms with Crippen molar-refractivity contribution >= 4 is 33.8 Å². The van der Waals surface area contributed by atoms with Crippen LogP contribution < -0.4 is 10.2 Å². The molecule has 2 aromatic heterocycles. The predicted octanol–water partition coefficient (Wildman–Crippen LogP) is 3.14. The number of hydrogen-bond donors (Lipinski definition) is 1. The molecule has 5 rings (SSSR count). The van der Waals surface area contributed by atoms with Crippen molar-refractivity contribution in [2.45, 2.75) is 4.90 Å². The number of aromatic nitrogens is 3. The van der Waals surface area contributed by atoms with Gasteiger partial charge in [0.05, 0.1) is 18.9 Å². The third-order valence-corrected chi connectivity index (χ3v) is 6.24. The zero-order valence-corrected chi connectivity index (χ0v) is 18.5. The Morgan fingerprint density at radius 2 is 1.78 bits per heavy atom. The van der Waals surface area contributed by atoms with Crippen LogP contribution in [0.2, 0.25) is 0 Å². The molecule has 1 aliphatic rings. The molecule has 0 spiro atoms. The number of ether oxygens (including phenoxy) is 1. The van der Waals surface area contributed by atoms with Gasteiger partial charge in [0, 0.05) is 53.4 Å². The molecule has 0 saturated carbocycles. The van der Waals surface area contributed by atoms with E-state index >= 15 is 0 Å². The van der Waals surface area contributed by atoms with Gasteiger partial charge in [-0.05, 0) is 48.5 Å². The van der Waals surface area contributed by atoms with Crippen LogP contribution in [0.4, 0.5) is 17.3 Å². The van der Waals surface area contributed by atoms with E-state index < -0.39 is 10.8 Å². The summed E-state index contributed by atoms with van der Waals surface area (Å²) in [4.78, 5) is 7.72. The van der Waals surface area contributed by atoms with Crippen LogP contribution in [0, 0.1) is 0 Å². The number of morpholine rings is 1. The second kappa shape index (κ2) is 9.47. The molecule has 1 atom stereocenters. The minimum atomic E-state index is -1.04. The largest absolute Gasteiger partial charge is 0.412 e. The molecular formula is C23H27N5O3S. The third kappa shape index (κ3) is 4.50. The van der Waals surface area contributed by atoms with E-state index in [0.29, 0.717) is 5.95 Å². The molecule has 3 heterocycles. The smallest absolute Gasteiger partial charge is 0.247 e. The standard InChI is InChI=1S/C23H23N5O2S.H2O.H2/c1-31(29)20-5-2-4-17(16-20)21-6-3-7-22-25-23(26-28(21)22)24-18-8-10-19(11-9-18)27-12-14-30-15-13-27;;/h2-11,16H,12-15H2,1H3,(H,24,26);1H2;1H. The average molecular weight is 454 g/mol. The lowest BCUT2D eigenvalue weighted by molar-refractivity contribution is 0.122. The van der Waals surface area contributed by atoms with Gasteiger partial charge in [0.25, 0.3) is 0 Å². The lowest BCUT2D eigenvalue weighted by atomic mass is 10.1. The maximum absolute atomic E-state index is 11.9. The van der Waals surface area contributed by atoms with Crippen LogP contribution in [-0.2, 0) is 15.5 Å². The summed E-state index contributed by atoms with van der Waals surface area (Å²) in [5, 5.41) is 7.96. The second-order valence-electron chi connectivity index (χ2n) is 7.37. The van der Waals surface area contributed by atoms with Crippen molar-refractivity contribution in [3.63, 3.8) is 0 Å². The van der Waals surface area contributed by atoms with E-state index in [-0.39, 0.29) is 6.90 Å². The normalized spacial score (nSPS) is 14.7. The van der Waals surface area contributed by atoms with E-state index in [4.69, 9.17) is 4.74 Å². The van der Waals surface area contributed by atoms with Crippen molar-refractivity contribution < 1.29 is 15.8 Å². The fourth-order valence-electron chi connectivity index (χ4n) is 3.72. The van der Waals surface area contributed by atoms with Crippen molar-refractivity contribution in [3.8, 4) is 11.3 Å². The molecule has 4 aromatic rings. The number of nitrogens with zero attached hydrogens (tertiary/aromatic N) is 4. The first-order valence-electron chi connectivity index (χ1n) is 10.2. The molecule has 1 unspecified atom stereocenters. The molecular weight excluding hydrogens is 426 g/mol. The van der Waals surface area contributed by atoms with Crippen molar-refractivity contribution in [1.29, 1.82) is 0 Å². The van der Waals surface area contributed by atoms with Crippen molar-refractivity contribution in [2.75, 3.05) is 42.8 Å². The van der Waals surface area contributed by atoms with Gasteiger partial charge < -0.3 is 20.4 Å². The topological polar surface area (TPSA) is 103 Å². The minimum Gasteiger partial charge on any atom is -0.412 e. The zero-order chi connectivity index (χ0) is 21.2. The Labute approximate surface area is 190 Å². The molecule has 8 nitrogen and oxygen atoms in total. The van der Waals surface area contributed by atoms with E-state index in [2.05, 4.69) is 32.4 Å². The van der Waals surface area contributed by atoms with Gasteiger partial charge in [-0.1, -0.05) is 18.2 Å². The van der Waals surface area contributed by atoms with E-state index in [0.717, 1.165) is 53.8 Å². The average Bonchev–Trinajstić information content (AvgIpc) is 3.22. The van der Waals surface area contributed by atoms with E-state index in [1.54, 1.807) is 6.26 Å². The minimum absolute atomic E-state index is 0. The summed E-state index contributed by atoms with van der Waals surface area (Å²) in [6, 6.07) is 21.9. The Bertz CT molecular complexity index is 1240. The lowest BCUT2D eigenvalue weighted by Gasteiger charge is -2.28. The molecule has 9 heteroatoms. The third-order valence-electron chi connectivity index (χ3n) is 5.32. The first kappa shape index (κ1) is 21.9. The monoisotopic (exact) mass is 453 g/mol. The molecule has 1 saturated heterocycles. The Morgan fingerprint density at radius 3 is 2.53 bits per heavy atom. The zero-order valence-electron chi connectivity index (χ0n) is 17.7. The first-order valence-corrected chi connectivity index (χ1v) is 11.7. The summed E-state index contributed by atoms with van der Waals surface area (Å²) in [5.74, 6) is 0.529. The SMILES string of the molecule is CS(=O)c1cccc(-c2cccc3nc(Nc4ccc(N5CCOCC5)cc4)nn23)c1.O.[HH]. The van der Waals surface area contributed by atoms with Gasteiger partial charge >= 0.3 is 0 Å². The van der Waals surface area contributed by atoms with Crippen LogP contribution in [0.15, 0.2) is 71.6 Å². The van der Waals surface area contributed by atoms with E-state index in [1.807, 2.05) is 59.1 Å². The van der Waals surface area contributed by atoms with Crippen molar-refractivity contribution in [2.24, 2.45) is 0 Å². The van der Waals surface area contributed by atoms with Crippen LogP contribution >= 0.6 is 0 Å². The van der Waals surface area contributed by atoms with Gasteiger partial charge in [-0.3, -0.25) is 4.21 Å². The molecule has 0 radical (unpaired) electrons. The van der Waals surface area contributed by atoms with Gasteiger partial charge in [0.2, 0.25) is 5.95 Å². The summed E-state index contributed by atoms with van der Waals surface area (Å²) >= 11 is 0. The van der Waals surface area contributed by atoms with Crippen LogP contribution in [0.3, 0.4) is 0 Å². The van der Waals surface area contributed by atoms with E-state index in [9.17, 15) is 4.21 Å². The molecule has 168 valence electrons. The first-order chi connectivity index (χ1) is 15.2. The van der Waals surface area contributed by atoms with Crippen LogP contribution in [0.1, 0.15) is 1.43 Å². The highest BCUT2D eigenvalue weighted by Gasteiger charge is 2.12. The molecule has 1 aliphatic heterocycles. The van der Waals surface area contributed by atoms with Gasteiger partial charge in [-0.15, -0.1) is 5.10 Å². The number of anilines is 3.